The maximum atomic E-state index is 12.6. The topological polar surface area (TPSA) is 63.6 Å². The minimum atomic E-state index is -0.496. The maximum absolute atomic E-state index is 12.6. The van der Waals surface area contributed by atoms with Crippen molar-refractivity contribution >= 4 is 11.8 Å². The second-order valence-corrected chi connectivity index (χ2v) is 4.69. The van der Waals surface area contributed by atoms with Crippen molar-refractivity contribution in [2.24, 2.45) is 0 Å². The number of hydrogen-bond acceptors (Lipinski definition) is 4. The monoisotopic (exact) mass is 268 g/mol. The molecule has 0 aliphatic heterocycles. The summed E-state index contributed by atoms with van der Waals surface area (Å²) in [5.41, 5.74) is 2.23. The molecule has 20 heavy (non-hydrogen) atoms. The zero-order valence-electron chi connectivity index (χ0n) is 10.8. The van der Waals surface area contributed by atoms with Crippen molar-refractivity contribution in [1.82, 2.24) is 0 Å². The fourth-order valence-corrected chi connectivity index (χ4v) is 2.50. The fraction of sp³-hybridized carbons (Fsp3) is 0.125. The van der Waals surface area contributed by atoms with Gasteiger partial charge in [-0.1, -0.05) is 24.3 Å². The zero-order chi connectivity index (χ0) is 14.3. The van der Waals surface area contributed by atoms with Crippen LogP contribution in [0.4, 0.5) is 0 Å². The van der Waals surface area contributed by atoms with E-state index in [0.29, 0.717) is 17.5 Å². The summed E-state index contributed by atoms with van der Waals surface area (Å²) < 4.78 is 5.08. The highest BCUT2D eigenvalue weighted by atomic mass is 16.5. The molecular formula is C16H12O4. The average Bonchev–Trinajstić information content (AvgIpc) is 2.42. The minimum absolute atomic E-state index is 0.0405. The predicted octanol–water partition coefficient (Wildman–Crippen LogP) is 2.45. The molecule has 4 heteroatoms. The van der Waals surface area contributed by atoms with Crippen LogP contribution in [0.2, 0.25) is 0 Å². The molecule has 0 atom stereocenters. The summed E-state index contributed by atoms with van der Waals surface area (Å²) in [5.74, 6) is -0.484. The highest BCUT2D eigenvalue weighted by Crippen LogP contribution is 2.37. The van der Waals surface area contributed by atoms with Gasteiger partial charge >= 0.3 is 5.97 Å². The van der Waals surface area contributed by atoms with Crippen LogP contribution in [0.5, 0.6) is 11.5 Å². The van der Waals surface area contributed by atoms with E-state index < -0.39 is 5.97 Å². The van der Waals surface area contributed by atoms with Crippen molar-refractivity contribution in [2.45, 2.75) is 13.3 Å². The van der Waals surface area contributed by atoms with Crippen molar-refractivity contribution in [3.05, 3.63) is 58.7 Å². The summed E-state index contributed by atoms with van der Waals surface area (Å²) in [4.78, 5) is 23.7. The van der Waals surface area contributed by atoms with Gasteiger partial charge < -0.3 is 9.84 Å². The number of carbonyl (C=O) groups is 2. The molecule has 0 spiro atoms. The second-order valence-electron chi connectivity index (χ2n) is 4.69. The maximum Gasteiger partial charge on any atom is 0.308 e. The van der Waals surface area contributed by atoms with Gasteiger partial charge in [0.05, 0.1) is 5.56 Å². The number of phenolic OH excluding ortho intramolecular Hbond substituents is 1. The molecule has 0 heterocycles. The van der Waals surface area contributed by atoms with Crippen molar-refractivity contribution in [1.29, 1.82) is 0 Å². The number of aromatic hydroxyl groups is 1. The first-order valence-electron chi connectivity index (χ1n) is 6.24. The normalized spacial score (nSPS) is 12.6. The van der Waals surface area contributed by atoms with Gasteiger partial charge in [0.1, 0.15) is 11.5 Å². The standard InChI is InChI=1S/C16H12O4/c1-9(17)20-14-7-6-13(18)12-8-10-4-2-3-5-11(10)16(19)15(12)14/h2-7,18H,8H2,1H3. The number of rotatable bonds is 1. The van der Waals surface area contributed by atoms with Gasteiger partial charge in [-0.15, -0.1) is 0 Å². The number of carbonyl (C=O) groups excluding carboxylic acids is 2. The molecule has 2 aromatic rings. The van der Waals surface area contributed by atoms with Crippen LogP contribution in [0.15, 0.2) is 36.4 Å². The Kier molecular flexibility index (Phi) is 2.79. The SMILES string of the molecule is CC(=O)Oc1ccc(O)c2c1C(=O)c1ccccc1C2. The molecule has 1 aliphatic rings. The van der Waals surface area contributed by atoms with Gasteiger partial charge in [-0.05, 0) is 17.7 Å². The fourth-order valence-electron chi connectivity index (χ4n) is 2.50. The number of benzene rings is 2. The smallest absolute Gasteiger partial charge is 0.308 e. The molecule has 0 amide bonds. The summed E-state index contributed by atoms with van der Waals surface area (Å²) in [6.07, 6.45) is 0.443. The Morgan fingerprint density at radius 3 is 2.70 bits per heavy atom. The summed E-state index contributed by atoms with van der Waals surface area (Å²) in [6, 6.07) is 10.1. The molecule has 0 unspecified atom stereocenters. The van der Waals surface area contributed by atoms with E-state index in [1.54, 1.807) is 12.1 Å². The molecule has 3 rings (SSSR count). The van der Waals surface area contributed by atoms with E-state index in [-0.39, 0.29) is 22.8 Å². The Bertz CT molecular complexity index is 731. The highest BCUT2D eigenvalue weighted by molar-refractivity contribution is 6.14. The number of hydrogen-bond donors (Lipinski definition) is 1. The van der Waals surface area contributed by atoms with Gasteiger partial charge in [0.15, 0.2) is 5.78 Å². The summed E-state index contributed by atoms with van der Waals surface area (Å²) >= 11 is 0. The molecule has 2 aromatic carbocycles. The first kappa shape index (κ1) is 12.4. The lowest BCUT2D eigenvalue weighted by Crippen LogP contribution is -2.17. The third kappa shape index (κ3) is 1.86. The molecular weight excluding hydrogens is 256 g/mol. The Balaban J connectivity index is 2.21. The third-order valence-corrected chi connectivity index (χ3v) is 3.36. The average molecular weight is 268 g/mol. The predicted molar refractivity (Wildman–Crippen MR) is 72.1 cm³/mol. The lowest BCUT2D eigenvalue weighted by molar-refractivity contribution is -0.131. The van der Waals surface area contributed by atoms with Crippen LogP contribution in [0, 0.1) is 0 Å². The molecule has 0 saturated carbocycles. The molecule has 0 aromatic heterocycles. The number of phenols is 1. The molecule has 1 N–H and O–H groups in total. The lowest BCUT2D eigenvalue weighted by atomic mass is 9.84. The van der Waals surface area contributed by atoms with Crippen molar-refractivity contribution in [3.8, 4) is 11.5 Å². The molecule has 0 saturated heterocycles. The molecule has 100 valence electrons. The first-order chi connectivity index (χ1) is 9.58. The van der Waals surface area contributed by atoms with Gasteiger partial charge in [0.2, 0.25) is 0 Å². The minimum Gasteiger partial charge on any atom is -0.508 e. The van der Waals surface area contributed by atoms with Crippen LogP contribution in [0.3, 0.4) is 0 Å². The molecule has 0 bridgehead atoms. The number of ketones is 1. The number of ether oxygens (including phenoxy) is 1. The Hall–Kier alpha value is -2.62. The van der Waals surface area contributed by atoms with E-state index in [0.717, 1.165) is 5.56 Å². The van der Waals surface area contributed by atoms with Crippen LogP contribution in [0.1, 0.15) is 34.0 Å². The van der Waals surface area contributed by atoms with E-state index in [1.165, 1.54) is 19.1 Å². The van der Waals surface area contributed by atoms with Gasteiger partial charge in [-0.2, -0.15) is 0 Å². The van der Waals surface area contributed by atoms with Crippen LogP contribution < -0.4 is 4.74 Å². The summed E-state index contributed by atoms with van der Waals surface area (Å²) in [5, 5.41) is 9.97. The molecule has 0 fully saturated rings. The molecule has 0 radical (unpaired) electrons. The van der Waals surface area contributed by atoms with Crippen LogP contribution in [0.25, 0.3) is 0 Å². The number of fused-ring (bicyclic) bond motifs is 2. The quantitative estimate of drug-likeness (QED) is 0.544. The lowest BCUT2D eigenvalue weighted by Gasteiger charge is -2.21. The van der Waals surface area contributed by atoms with Gasteiger partial charge in [0, 0.05) is 24.5 Å². The van der Waals surface area contributed by atoms with Crippen molar-refractivity contribution < 1.29 is 19.4 Å². The van der Waals surface area contributed by atoms with E-state index in [4.69, 9.17) is 4.74 Å². The van der Waals surface area contributed by atoms with Crippen molar-refractivity contribution in [3.63, 3.8) is 0 Å². The zero-order valence-corrected chi connectivity index (χ0v) is 10.8. The van der Waals surface area contributed by atoms with Gasteiger partial charge in [-0.3, -0.25) is 9.59 Å². The van der Waals surface area contributed by atoms with Gasteiger partial charge in [0.25, 0.3) is 0 Å². The Labute approximate surface area is 115 Å². The Morgan fingerprint density at radius 2 is 1.95 bits per heavy atom. The van der Waals surface area contributed by atoms with E-state index in [2.05, 4.69) is 0 Å². The van der Waals surface area contributed by atoms with Crippen molar-refractivity contribution in [2.75, 3.05) is 0 Å². The highest BCUT2D eigenvalue weighted by Gasteiger charge is 2.29. The van der Waals surface area contributed by atoms with E-state index in [9.17, 15) is 14.7 Å². The van der Waals surface area contributed by atoms with Gasteiger partial charge in [-0.25, -0.2) is 0 Å². The van der Waals surface area contributed by atoms with E-state index in [1.807, 2.05) is 12.1 Å². The van der Waals surface area contributed by atoms with Crippen LogP contribution >= 0.6 is 0 Å². The summed E-state index contributed by atoms with van der Waals surface area (Å²) in [6.45, 7) is 1.28. The number of esters is 1. The summed E-state index contributed by atoms with van der Waals surface area (Å²) in [7, 11) is 0. The van der Waals surface area contributed by atoms with Crippen LogP contribution in [-0.4, -0.2) is 16.9 Å². The van der Waals surface area contributed by atoms with E-state index >= 15 is 0 Å². The third-order valence-electron chi connectivity index (χ3n) is 3.36. The molecule has 1 aliphatic carbocycles. The Morgan fingerprint density at radius 1 is 1.20 bits per heavy atom. The molecule has 4 nitrogen and oxygen atoms in total. The first-order valence-corrected chi connectivity index (χ1v) is 6.24. The second kappa shape index (κ2) is 4.49. The largest absolute Gasteiger partial charge is 0.508 e. The van der Waals surface area contributed by atoms with Crippen LogP contribution in [-0.2, 0) is 11.2 Å².